The Morgan fingerprint density at radius 3 is 1.11 bits per heavy atom. The predicted octanol–water partition coefficient (Wildman–Crippen LogP) is 25.4. The Labute approximate surface area is 666 Å². The quantitative estimate of drug-likeness (QED) is 0.127. The van der Waals surface area contributed by atoms with Crippen molar-refractivity contribution in [2.45, 2.75) is 115 Å². The fourth-order valence-corrected chi connectivity index (χ4v) is 19.2. The Hall–Kier alpha value is -11.8. The summed E-state index contributed by atoms with van der Waals surface area (Å²) in [5.74, 6) is 1.73. The summed E-state index contributed by atoms with van der Waals surface area (Å²) in [6.07, 6.45) is 0. The van der Waals surface area contributed by atoms with Crippen LogP contribution in [-0.4, -0.2) is 13.4 Å². The number of rotatable bonds is 10. The Bertz CT molecular complexity index is 6090. The number of nitrogens with zero attached hydrogens (tertiary/aromatic N) is 2. The van der Waals surface area contributed by atoms with Gasteiger partial charge in [-0.15, -0.1) is 0 Å². The van der Waals surface area contributed by atoms with E-state index in [2.05, 4.69) is 420 Å². The Morgan fingerprint density at radius 1 is 0.268 bits per heavy atom. The molecule has 19 rings (SSSR count). The van der Waals surface area contributed by atoms with Crippen molar-refractivity contribution in [3.8, 4) is 101 Å². The molecule has 112 heavy (non-hydrogen) atoms. The van der Waals surface area contributed by atoms with Crippen molar-refractivity contribution in [2.75, 3.05) is 9.80 Å². The summed E-state index contributed by atoms with van der Waals surface area (Å²) in [4.78, 5) is 7.85. The maximum absolute atomic E-state index is 8.05. The molecular weight excluding hydrogens is 1370 g/mol. The van der Waals surface area contributed by atoms with E-state index in [0.29, 0.717) is 0 Å². The summed E-state index contributed by atoms with van der Waals surface area (Å²) in [5.41, 5.74) is 37.1. The molecule has 0 amide bonds. The van der Waals surface area contributed by atoms with E-state index in [1.165, 1.54) is 87.3 Å². The van der Waals surface area contributed by atoms with E-state index in [4.69, 9.17) is 4.74 Å². The van der Waals surface area contributed by atoms with E-state index >= 15 is 0 Å². The Balaban J connectivity index is 0.995. The molecule has 0 N–H and O–H groups in total. The van der Waals surface area contributed by atoms with Gasteiger partial charge in [0.05, 0.1) is 5.69 Å². The number of hydrogen-bond donors (Lipinski definition) is 0. The van der Waals surface area contributed by atoms with Crippen molar-refractivity contribution in [1.82, 2.24) is 0 Å². The highest BCUT2D eigenvalue weighted by molar-refractivity contribution is 8.00. The maximum atomic E-state index is 8.05. The van der Waals surface area contributed by atoms with Crippen LogP contribution in [0.25, 0.3) is 89.0 Å². The number of anilines is 6. The fraction of sp³-hybridized carbons (Fsp3) is 0.151. The second kappa shape index (κ2) is 27.0. The second-order valence-corrected chi connectivity index (χ2v) is 36.2. The topological polar surface area (TPSA) is 15.7 Å². The molecule has 0 atom stereocenters. The molecule has 0 fully saturated rings. The minimum Gasteiger partial charge on any atom is -0.458 e. The van der Waals surface area contributed by atoms with Crippen LogP contribution in [0.2, 0.25) is 0 Å². The van der Waals surface area contributed by atoms with Gasteiger partial charge in [-0.3, -0.25) is 0 Å². The largest absolute Gasteiger partial charge is 0.458 e. The molecule has 0 radical (unpaired) electrons. The van der Waals surface area contributed by atoms with Crippen LogP contribution < -0.4 is 47.3 Å². The van der Waals surface area contributed by atoms with E-state index in [0.717, 1.165) is 112 Å². The van der Waals surface area contributed by atoms with E-state index in [1.807, 2.05) is 11.8 Å². The first-order valence-electron chi connectivity index (χ1n) is 39.8. The number of fused-ring (bicyclic) bond motifs is 8. The Kier molecular flexibility index (Phi) is 17.0. The Morgan fingerprint density at radius 2 is 0.643 bits per heavy atom. The van der Waals surface area contributed by atoms with Crippen molar-refractivity contribution in [2.24, 2.45) is 0 Å². The highest BCUT2D eigenvalue weighted by Gasteiger charge is 2.49. The molecule has 15 aromatic carbocycles. The van der Waals surface area contributed by atoms with Gasteiger partial charge in [0, 0.05) is 60.5 Å². The van der Waals surface area contributed by atoms with E-state index in [9.17, 15) is 0 Å². The number of benzene rings is 15. The highest BCUT2D eigenvalue weighted by atomic mass is 32.2. The zero-order chi connectivity index (χ0) is 76.7. The van der Waals surface area contributed by atoms with Crippen LogP contribution in [0.5, 0.6) is 11.5 Å². The van der Waals surface area contributed by atoms with Crippen molar-refractivity contribution in [1.29, 1.82) is 0 Å². The third-order valence-electron chi connectivity index (χ3n) is 23.7. The molecule has 0 spiro atoms. The number of ether oxygens (including phenoxy) is 1. The fourth-order valence-electron chi connectivity index (χ4n) is 17.8. The molecular formula is C106H90B2N2OS. The molecule has 3 nitrogen and oxygen atoms in total. The van der Waals surface area contributed by atoms with E-state index in [1.54, 1.807) is 0 Å². The van der Waals surface area contributed by atoms with Crippen molar-refractivity contribution >= 4 is 92.1 Å². The lowest BCUT2D eigenvalue weighted by molar-refractivity contribution is 0.489. The van der Waals surface area contributed by atoms with Crippen LogP contribution in [-0.2, 0) is 21.7 Å². The predicted molar refractivity (Wildman–Crippen MR) is 480 cm³/mol. The molecule has 0 aromatic heterocycles. The minimum atomic E-state index is -0.306. The SMILES string of the molecule is CC(C)(C)c1cc(-c2cc3c4c(c2)N(c2ccccc2)c2cc5c(cc2B4c2ccc(-c4ccccc4)c(-c4ccccc4)c2O3)B2c3ccc(-c4ccccc4)c(-c4ccccc4)c3Sc3cc(-c4cc(C(C)(C)C)cc(C(C)(C)C)c4)cc(c32)N5c2c(-c3ccccc3)cccc2-c2ccccc2)cc(C(C)(C)C)c1. The van der Waals surface area contributed by atoms with E-state index < -0.39 is 0 Å². The molecule has 0 bridgehead atoms. The molecule has 4 aliphatic rings. The number of para-hydroxylation sites is 2. The first kappa shape index (κ1) is 70.6. The van der Waals surface area contributed by atoms with Crippen molar-refractivity contribution < 1.29 is 4.74 Å². The zero-order valence-corrected chi connectivity index (χ0v) is 66.9. The van der Waals surface area contributed by atoms with Gasteiger partial charge in [0.15, 0.2) is 0 Å². The molecule has 6 heteroatoms. The normalized spacial score (nSPS) is 13.3. The third-order valence-corrected chi connectivity index (χ3v) is 24.9. The standard InChI is InChI=1S/C106H90B2N2OS/c1-103(2,3)77-55-73(56-78(63-77)104(4,5)6)75-59-92-98-94(61-75)111-101-86(53-51-82(67-35-20-13-21-36-67)96(101)71-43-28-17-29-44-71)107(98)88-65-89-91(66-90(88)109(92)81-47-32-19-33-48-81)110(100-84(69-39-24-15-25-40-69)49-34-50-85(100)70-41-26-16-27-42-70)93-60-76(74-57-79(105(7,8)9)64-80(58-74)106(10,11)12)62-95-99(93)108(89)87-54-52-83(68-37-22-14-23-38-68)97(102(87)112-95)72-45-30-18-31-46-72/h13-66H,1-12H3. The van der Waals surface area contributed by atoms with Gasteiger partial charge in [-0.25, -0.2) is 0 Å². The molecule has 0 saturated carbocycles. The highest BCUT2D eigenvalue weighted by Crippen LogP contribution is 2.55. The van der Waals surface area contributed by atoms with Crippen LogP contribution >= 0.6 is 11.8 Å². The molecule has 542 valence electrons. The summed E-state index contributed by atoms with van der Waals surface area (Å²) in [5, 5.41) is 0. The lowest BCUT2D eigenvalue weighted by Gasteiger charge is -2.45. The van der Waals surface area contributed by atoms with Crippen molar-refractivity contribution in [3.05, 3.63) is 350 Å². The van der Waals surface area contributed by atoms with Gasteiger partial charge in [0.2, 0.25) is 6.71 Å². The van der Waals surface area contributed by atoms with Gasteiger partial charge in [-0.1, -0.05) is 385 Å². The monoisotopic (exact) mass is 1460 g/mol. The lowest BCUT2D eigenvalue weighted by Crippen LogP contribution is -2.64. The molecule has 0 saturated heterocycles. The van der Waals surface area contributed by atoms with Crippen LogP contribution in [0.1, 0.15) is 105 Å². The summed E-state index contributed by atoms with van der Waals surface area (Å²) in [7, 11) is 0. The van der Waals surface area contributed by atoms with Crippen LogP contribution in [0.4, 0.5) is 34.1 Å². The summed E-state index contributed by atoms with van der Waals surface area (Å²) in [6, 6.07) is 125. The van der Waals surface area contributed by atoms with Crippen molar-refractivity contribution in [3.63, 3.8) is 0 Å². The smallest absolute Gasteiger partial charge is 0.256 e. The van der Waals surface area contributed by atoms with Crippen LogP contribution in [0.15, 0.2) is 337 Å². The van der Waals surface area contributed by atoms with Crippen LogP contribution in [0.3, 0.4) is 0 Å². The molecule has 4 aliphatic heterocycles. The third kappa shape index (κ3) is 12.2. The summed E-state index contributed by atoms with van der Waals surface area (Å²) >= 11 is 1.96. The van der Waals surface area contributed by atoms with Gasteiger partial charge in [0.1, 0.15) is 11.5 Å². The van der Waals surface area contributed by atoms with Crippen LogP contribution in [0, 0.1) is 0 Å². The molecule has 0 aliphatic carbocycles. The van der Waals surface area contributed by atoms with E-state index in [-0.39, 0.29) is 35.1 Å². The van der Waals surface area contributed by atoms with Gasteiger partial charge >= 0.3 is 0 Å². The van der Waals surface area contributed by atoms with Gasteiger partial charge in [-0.2, -0.15) is 0 Å². The van der Waals surface area contributed by atoms with Gasteiger partial charge in [-0.05, 0) is 180 Å². The molecule has 4 heterocycles. The summed E-state index contributed by atoms with van der Waals surface area (Å²) in [6.45, 7) is 27.7. The average molecular weight is 1460 g/mol. The first-order valence-corrected chi connectivity index (χ1v) is 40.6. The minimum absolute atomic E-state index is 0.131. The maximum Gasteiger partial charge on any atom is 0.256 e. The first-order chi connectivity index (χ1) is 54.1. The molecule has 15 aromatic rings. The lowest BCUT2D eigenvalue weighted by atomic mass is 9.31. The zero-order valence-electron chi connectivity index (χ0n) is 66.0. The molecule has 0 unspecified atom stereocenters. The second-order valence-electron chi connectivity index (χ2n) is 35.2. The van der Waals surface area contributed by atoms with Gasteiger partial charge in [0.25, 0.3) is 6.71 Å². The van der Waals surface area contributed by atoms with Gasteiger partial charge < -0.3 is 14.5 Å². The number of hydrogen-bond acceptors (Lipinski definition) is 4. The summed E-state index contributed by atoms with van der Waals surface area (Å²) < 4.78 is 8.05. The average Bonchev–Trinajstić information content (AvgIpc) is 0.683.